The molecule has 0 heterocycles. The molecule has 0 aromatic heterocycles. The Labute approximate surface area is 162 Å². The predicted octanol–water partition coefficient (Wildman–Crippen LogP) is 1.17. The molecule has 0 fully saturated rings. The van der Waals surface area contributed by atoms with Crippen LogP contribution >= 0.6 is 15.9 Å². The van der Waals surface area contributed by atoms with Crippen LogP contribution < -0.4 is 10.6 Å². The second kappa shape index (κ2) is 9.57. The van der Waals surface area contributed by atoms with E-state index in [0.29, 0.717) is 11.8 Å². The van der Waals surface area contributed by atoms with Crippen molar-refractivity contribution in [2.75, 3.05) is 36.2 Å². The molecule has 1 aromatic carbocycles. The summed E-state index contributed by atoms with van der Waals surface area (Å²) in [6, 6.07) is 1.57. The normalized spacial score (nSPS) is 11.2. The summed E-state index contributed by atoms with van der Waals surface area (Å²) in [5, 5.41) is 23.0. The van der Waals surface area contributed by atoms with Gasteiger partial charge in [0.1, 0.15) is 5.69 Å². The van der Waals surface area contributed by atoms with E-state index in [9.17, 15) is 33.4 Å². The lowest BCUT2D eigenvalue weighted by Gasteiger charge is -2.25. The molecule has 0 saturated carbocycles. The summed E-state index contributed by atoms with van der Waals surface area (Å²) in [4.78, 5) is 33.9. The van der Waals surface area contributed by atoms with Gasteiger partial charge in [-0.05, 0) is 6.42 Å². The van der Waals surface area contributed by atoms with Crippen molar-refractivity contribution in [3.05, 3.63) is 37.9 Å². The second-order valence-corrected chi connectivity index (χ2v) is 7.73. The van der Waals surface area contributed by atoms with Crippen molar-refractivity contribution in [3.8, 4) is 0 Å². The summed E-state index contributed by atoms with van der Waals surface area (Å²) in [5.74, 6) is -1.09. The summed E-state index contributed by atoms with van der Waals surface area (Å²) < 4.78 is 26.9. The zero-order valence-corrected chi connectivity index (χ0v) is 16.6. The molecule has 1 rings (SSSR count). The number of carbonyl (C=O) groups excluding carboxylic acids is 1. The van der Waals surface area contributed by atoms with Gasteiger partial charge in [-0.1, -0.05) is 15.9 Å². The number of non-ortho nitro benzene ring substituents is 1. The number of nitro groups is 2. The van der Waals surface area contributed by atoms with Gasteiger partial charge in [0, 0.05) is 24.5 Å². The van der Waals surface area contributed by atoms with Gasteiger partial charge in [-0.25, -0.2) is 0 Å². The van der Waals surface area contributed by atoms with Crippen LogP contribution in [0.4, 0.5) is 17.1 Å². The molecule has 14 heteroatoms. The Morgan fingerprint density at radius 3 is 2.33 bits per heavy atom. The first-order valence-corrected chi connectivity index (χ1v) is 10.3. The van der Waals surface area contributed by atoms with Crippen molar-refractivity contribution in [2.24, 2.45) is 5.73 Å². The van der Waals surface area contributed by atoms with Gasteiger partial charge in [0.05, 0.1) is 34.3 Å². The van der Waals surface area contributed by atoms with Gasteiger partial charge in [-0.15, -0.1) is 0 Å². The van der Waals surface area contributed by atoms with Crippen LogP contribution in [0.25, 0.3) is 0 Å². The van der Waals surface area contributed by atoms with E-state index in [0.717, 1.165) is 18.4 Å². The highest BCUT2D eigenvalue weighted by molar-refractivity contribution is 9.09. The van der Waals surface area contributed by atoms with E-state index in [-0.39, 0.29) is 25.4 Å². The molecule has 0 unspecified atom stereocenters. The van der Waals surface area contributed by atoms with Gasteiger partial charge >= 0.3 is 0 Å². The fourth-order valence-corrected chi connectivity index (χ4v) is 2.88. The van der Waals surface area contributed by atoms with E-state index in [1.54, 1.807) is 0 Å². The quantitative estimate of drug-likeness (QED) is 0.216. The number of carbonyl (C=O) groups is 1. The molecule has 0 atom stereocenters. The minimum Gasteiger partial charge on any atom is -0.366 e. The molecule has 0 aliphatic rings. The molecule has 0 aliphatic carbocycles. The number of nitrogens with two attached hydrogens (primary N) is 1. The molecule has 0 aliphatic heterocycles. The lowest BCUT2D eigenvalue weighted by Crippen LogP contribution is -2.32. The van der Waals surface area contributed by atoms with Crippen molar-refractivity contribution in [1.82, 2.24) is 0 Å². The van der Waals surface area contributed by atoms with E-state index in [4.69, 9.17) is 5.73 Å². The molecule has 0 bridgehead atoms. The third kappa shape index (κ3) is 6.73. The van der Waals surface area contributed by atoms with E-state index >= 15 is 0 Å². The summed E-state index contributed by atoms with van der Waals surface area (Å²) >= 11 is 3.21. The summed E-state index contributed by atoms with van der Waals surface area (Å²) in [6.07, 6.45) is 1.32. The first kappa shape index (κ1) is 22.7. The predicted molar refractivity (Wildman–Crippen MR) is 99.7 cm³/mol. The monoisotopic (exact) mass is 468 g/mol. The highest BCUT2D eigenvalue weighted by atomic mass is 79.9. The van der Waals surface area contributed by atoms with Crippen LogP contribution in [0, 0.1) is 20.2 Å². The molecule has 12 nitrogen and oxygen atoms in total. The fraction of sp³-hybridized carbons (Fsp3) is 0.462. The number of hydrogen-bond donors (Lipinski definition) is 1. The maximum atomic E-state index is 11.8. The van der Waals surface area contributed by atoms with Crippen LogP contribution in [0.2, 0.25) is 0 Å². The molecule has 27 heavy (non-hydrogen) atoms. The smallest absolute Gasteiger partial charge is 0.300 e. The molecule has 0 spiro atoms. The standard InChI is InChI=1S/C13H17BrN4O8S/c1-27(24,25)26-6-5-16(4-2-3-14)12-10(13(15)19)7-9(17(20)21)8-11(12)18(22)23/h7-8H,2-6H2,1H3,(H2,15,19). The molecule has 2 N–H and O–H groups in total. The number of hydrogen-bond acceptors (Lipinski definition) is 9. The minimum atomic E-state index is -3.74. The molecular weight excluding hydrogens is 452 g/mol. The highest BCUT2D eigenvalue weighted by Crippen LogP contribution is 2.36. The first-order chi connectivity index (χ1) is 12.5. The third-order valence-corrected chi connectivity index (χ3v) is 4.44. The van der Waals surface area contributed by atoms with Crippen molar-refractivity contribution in [3.63, 3.8) is 0 Å². The Morgan fingerprint density at radius 2 is 1.89 bits per heavy atom. The van der Waals surface area contributed by atoms with Crippen molar-refractivity contribution in [2.45, 2.75) is 6.42 Å². The highest BCUT2D eigenvalue weighted by Gasteiger charge is 2.30. The van der Waals surface area contributed by atoms with Gasteiger partial charge in [0.2, 0.25) is 0 Å². The molecule has 1 amide bonds. The topological polar surface area (TPSA) is 176 Å². The molecular formula is C13H17BrN4O8S. The number of rotatable bonds is 11. The van der Waals surface area contributed by atoms with E-state index in [2.05, 4.69) is 20.1 Å². The number of nitro benzene ring substituents is 2. The van der Waals surface area contributed by atoms with Gasteiger partial charge in [0.15, 0.2) is 0 Å². The summed E-state index contributed by atoms with van der Waals surface area (Å²) in [5.41, 5.74) is 3.28. The Bertz CT molecular complexity index is 810. The van der Waals surface area contributed by atoms with Gasteiger partial charge in [-0.3, -0.25) is 29.2 Å². The number of nitrogens with zero attached hydrogens (tertiary/aromatic N) is 3. The number of alkyl halides is 1. The van der Waals surface area contributed by atoms with Crippen LogP contribution in [0.3, 0.4) is 0 Å². The number of amides is 1. The second-order valence-electron chi connectivity index (χ2n) is 5.30. The van der Waals surface area contributed by atoms with Gasteiger partial charge in [-0.2, -0.15) is 8.42 Å². The molecule has 0 radical (unpaired) electrons. The van der Waals surface area contributed by atoms with Gasteiger partial charge < -0.3 is 10.6 Å². The fourth-order valence-electron chi connectivity index (χ4n) is 2.25. The number of benzene rings is 1. The largest absolute Gasteiger partial charge is 0.366 e. The van der Waals surface area contributed by atoms with E-state index in [1.807, 2.05) is 0 Å². The van der Waals surface area contributed by atoms with Gasteiger partial charge in [0.25, 0.3) is 27.4 Å². The van der Waals surface area contributed by atoms with Crippen LogP contribution in [-0.4, -0.2) is 55.5 Å². The van der Waals surface area contributed by atoms with Crippen molar-refractivity contribution < 1.29 is 27.2 Å². The first-order valence-electron chi connectivity index (χ1n) is 7.40. The van der Waals surface area contributed by atoms with Crippen LogP contribution in [0.1, 0.15) is 16.8 Å². The van der Waals surface area contributed by atoms with Crippen LogP contribution in [-0.2, 0) is 14.3 Å². The molecule has 150 valence electrons. The minimum absolute atomic E-state index is 0.126. The zero-order valence-electron chi connectivity index (χ0n) is 14.2. The average molecular weight is 469 g/mol. The summed E-state index contributed by atoms with van der Waals surface area (Å²) in [6.45, 7) is -0.288. The Balaban J connectivity index is 3.49. The SMILES string of the molecule is CS(=O)(=O)OCCN(CCCBr)c1c(C(N)=O)cc([N+](=O)[O-])cc1[N+](=O)[O-]. The lowest BCUT2D eigenvalue weighted by molar-refractivity contribution is -0.393. The molecule has 0 saturated heterocycles. The Kier molecular flexibility index (Phi) is 8.05. The maximum absolute atomic E-state index is 11.8. The number of halogens is 1. The van der Waals surface area contributed by atoms with Crippen LogP contribution in [0.15, 0.2) is 12.1 Å². The van der Waals surface area contributed by atoms with Crippen molar-refractivity contribution >= 4 is 49.0 Å². The lowest BCUT2D eigenvalue weighted by atomic mass is 10.1. The average Bonchev–Trinajstić information content (AvgIpc) is 2.55. The molecule has 1 aromatic rings. The summed E-state index contributed by atoms with van der Waals surface area (Å²) in [7, 11) is -3.74. The van der Waals surface area contributed by atoms with Crippen molar-refractivity contribution in [1.29, 1.82) is 0 Å². The van der Waals surface area contributed by atoms with E-state index in [1.165, 1.54) is 4.90 Å². The maximum Gasteiger partial charge on any atom is 0.300 e. The number of anilines is 1. The van der Waals surface area contributed by atoms with E-state index < -0.39 is 42.8 Å². The van der Waals surface area contributed by atoms with Crippen LogP contribution in [0.5, 0.6) is 0 Å². The zero-order chi connectivity index (χ0) is 20.8. The Hall–Kier alpha value is -2.32. The Morgan fingerprint density at radius 1 is 1.26 bits per heavy atom. The number of primary amides is 1. The third-order valence-electron chi connectivity index (χ3n) is 3.28.